The summed E-state index contributed by atoms with van der Waals surface area (Å²) in [5, 5.41) is 0. The van der Waals surface area contributed by atoms with Crippen LogP contribution in [-0.4, -0.2) is 12.6 Å². The molecule has 2 nitrogen and oxygen atoms in total. The van der Waals surface area contributed by atoms with Crippen molar-refractivity contribution in [3.05, 3.63) is 12.2 Å². The maximum atomic E-state index is 11.9. The molecule has 0 spiro atoms. The standard InChI is InChI=1S/C38H74O2/c1-34(2)29-25-21-17-13-9-7-8-10-15-19-23-27-31-37(33-40-38(39)36(5)6)32-28-24-20-16-12-11-14-18-22-26-30-35(3)4/h34-35,37H,5,7-33H2,1-4,6H3. The Morgan fingerprint density at radius 1 is 0.475 bits per heavy atom. The average Bonchev–Trinajstić information content (AvgIpc) is 2.91. The van der Waals surface area contributed by atoms with Crippen molar-refractivity contribution in [1.29, 1.82) is 0 Å². The van der Waals surface area contributed by atoms with Crippen LogP contribution in [0.25, 0.3) is 0 Å². The van der Waals surface area contributed by atoms with Crippen LogP contribution in [0.2, 0.25) is 0 Å². The van der Waals surface area contributed by atoms with Gasteiger partial charge in [-0.15, -0.1) is 0 Å². The Kier molecular flexibility index (Phi) is 29.1. The Balaban J connectivity index is 3.79. The molecule has 0 fully saturated rings. The van der Waals surface area contributed by atoms with Crippen molar-refractivity contribution in [3.8, 4) is 0 Å². The van der Waals surface area contributed by atoms with Crippen molar-refractivity contribution in [2.75, 3.05) is 6.61 Å². The molecule has 2 heteroatoms. The number of hydrogen-bond donors (Lipinski definition) is 0. The Labute approximate surface area is 253 Å². The van der Waals surface area contributed by atoms with Crippen molar-refractivity contribution in [3.63, 3.8) is 0 Å². The lowest BCUT2D eigenvalue weighted by Crippen LogP contribution is -2.15. The van der Waals surface area contributed by atoms with Gasteiger partial charge in [0.15, 0.2) is 0 Å². The van der Waals surface area contributed by atoms with Gasteiger partial charge >= 0.3 is 5.97 Å². The predicted octanol–water partition coefficient (Wildman–Crippen LogP) is 13.2. The lowest BCUT2D eigenvalue weighted by Gasteiger charge is -2.17. The first-order valence-corrected chi connectivity index (χ1v) is 18.2. The highest BCUT2D eigenvalue weighted by Gasteiger charge is 2.12. The summed E-state index contributed by atoms with van der Waals surface area (Å²) in [6, 6.07) is 0. The molecule has 0 aromatic carbocycles. The third kappa shape index (κ3) is 30.2. The third-order valence-corrected chi connectivity index (χ3v) is 8.59. The van der Waals surface area contributed by atoms with Gasteiger partial charge in [-0.05, 0) is 37.5 Å². The highest BCUT2D eigenvalue weighted by atomic mass is 16.5. The number of unbranched alkanes of at least 4 members (excludes halogenated alkanes) is 20. The molecule has 1 atom stereocenters. The van der Waals surface area contributed by atoms with E-state index in [0.717, 1.165) is 11.8 Å². The van der Waals surface area contributed by atoms with Crippen molar-refractivity contribution in [2.24, 2.45) is 17.8 Å². The summed E-state index contributed by atoms with van der Waals surface area (Å²) in [6.45, 7) is 15.4. The molecule has 0 radical (unpaired) electrons. The summed E-state index contributed by atoms with van der Waals surface area (Å²) in [7, 11) is 0. The summed E-state index contributed by atoms with van der Waals surface area (Å²) in [6.07, 6.45) is 35.9. The smallest absolute Gasteiger partial charge is 0.333 e. The average molecular weight is 563 g/mol. The number of esters is 1. The van der Waals surface area contributed by atoms with Crippen molar-refractivity contribution >= 4 is 5.97 Å². The second kappa shape index (κ2) is 29.7. The van der Waals surface area contributed by atoms with Gasteiger partial charge in [0, 0.05) is 5.57 Å². The lowest BCUT2D eigenvalue weighted by molar-refractivity contribution is -0.140. The number of hydrogen-bond acceptors (Lipinski definition) is 2. The van der Waals surface area contributed by atoms with E-state index in [1.54, 1.807) is 6.92 Å². The van der Waals surface area contributed by atoms with Crippen LogP contribution in [0.5, 0.6) is 0 Å². The van der Waals surface area contributed by atoms with Crippen molar-refractivity contribution < 1.29 is 9.53 Å². The Morgan fingerprint density at radius 2 is 0.725 bits per heavy atom. The van der Waals surface area contributed by atoms with E-state index >= 15 is 0 Å². The number of rotatable bonds is 31. The molecule has 238 valence electrons. The largest absolute Gasteiger partial charge is 0.462 e. The molecule has 0 heterocycles. The lowest BCUT2D eigenvalue weighted by atomic mass is 9.94. The molecular formula is C38H74O2. The molecule has 0 aromatic rings. The molecule has 0 rings (SSSR count). The predicted molar refractivity (Wildman–Crippen MR) is 179 cm³/mol. The molecule has 0 bridgehead atoms. The fourth-order valence-electron chi connectivity index (χ4n) is 5.78. The first-order valence-electron chi connectivity index (χ1n) is 18.2. The van der Waals surface area contributed by atoms with Crippen molar-refractivity contribution in [2.45, 2.75) is 202 Å². The molecule has 0 saturated heterocycles. The van der Waals surface area contributed by atoms with Gasteiger partial charge in [0.25, 0.3) is 0 Å². The number of ether oxygens (including phenoxy) is 1. The first-order chi connectivity index (χ1) is 19.3. The fraction of sp³-hybridized carbons (Fsp3) is 0.921. The van der Waals surface area contributed by atoms with Crippen LogP contribution in [0.15, 0.2) is 12.2 Å². The minimum atomic E-state index is -0.218. The van der Waals surface area contributed by atoms with Gasteiger partial charge in [-0.2, -0.15) is 0 Å². The second-order valence-corrected chi connectivity index (χ2v) is 14.0. The van der Waals surface area contributed by atoms with Gasteiger partial charge in [-0.3, -0.25) is 0 Å². The zero-order valence-electron chi connectivity index (χ0n) is 28.3. The molecule has 1 unspecified atom stereocenters. The van der Waals surface area contributed by atoms with Crippen LogP contribution in [0.4, 0.5) is 0 Å². The minimum absolute atomic E-state index is 0.218. The van der Waals surface area contributed by atoms with E-state index < -0.39 is 0 Å². The molecule has 0 saturated carbocycles. The molecule has 40 heavy (non-hydrogen) atoms. The topological polar surface area (TPSA) is 26.3 Å². The number of carbonyl (C=O) groups excluding carboxylic acids is 1. The van der Waals surface area contributed by atoms with Crippen LogP contribution in [0, 0.1) is 17.8 Å². The maximum Gasteiger partial charge on any atom is 0.333 e. The quantitative estimate of drug-likeness (QED) is 0.0477. The monoisotopic (exact) mass is 563 g/mol. The van der Waals surface area contributed by atoms with Crippen LogP contribution in [0.3, 0.4) is 0 Å². The van der Waals surface area contributed by atoms with E-state index in [4.69, 9.17) is 4.74 Å². The Bertz CT molecular complexity index is 550. The second-order valence-electron chi connectivity index (χ2n) is 14.0. The number of carbonyl (C=O) groups is 1. The van der Waals surface area contributed by atoms with Gasteiger partial charge < -0.3 is 4.74 Å². The molecule has 0 aromatic heterocycles. The van der Waals surface area contributed by atoms with Crippen LogP contribution in [-0.2, 0) is 9.53 Å². The molecule has 0 aliphatic heterocycles. The van der Waals surface area contributed by atoms with E-state index in [1.807, 2.05) is 0 Å². The highest BCUT2D eigenvalue weighted by Crippen LogP contribution is 2.21. The molecule has 0 aliphatic rings. The van der Waals surface area contributed by atoms with E-state index in [2.05, 4.69) is 34.3 Å². The van der Waals surface area contributed by atoms with Crippen LogP contribution >= 0.6 is 0 Å². The van der Waals surface area contributed by atoms with Gasteiger partial charge in [0.2, 0.25) is 0 Å². The SMILES string of the molecule is C=C(C)C(=O)OCC(CCCCCCCCCCCCCCC(C)C)CCCCCCCCCCCCC(C)C. The Hall–Kier alpha value is -0.790. The van der Waals surface area contributed by atoms with Crippen molar-refractivity contribution in [1.82, 2.24) is 0 Å². The fourth-order valence-corrected chi connectivity index (χ4v) is 5.78. The highest BCUT2D eigenvalue weighted by molar-refractivity contribution is 5.86. The molecule has 0 N–H and O–H groups in total. The van der Waals surface area contributed by atoms with Gasteiger partial charge in [0.05, 0.1) is 6.61 Å². The van der Waals surface area contributed by atoms with Gasteiger partial charge in [-0.1, -0.05) is 188 Å². The van der Waals surface area contributed by atoms with E-state index in [0.29, 0.717) is 18.1 Å². The van der Waals surface area contributed by atoms with Gasteiger partial charge in [-0.25, -0.2) is 4.79 Å². The minimum Gasteiger partial charge on any atom is -0.462 e. The Morgan fingerprint density at radius 3 is 0.975 bits per heavy atom. The molecule has 0 amide bonds. The summed E-state index contributed by atoms with van der Waals surface area (Å²) in [4.78, 5) is 11.9. The zero-order chi connectivity index (χ0) is 29.7. The molecule has 0 aliphatic carbocycles. The third-order valence-electron chi connectivity index (χ3n) is 8.59. The van der Waals surface area contributed by atoms with E-state index in [-0.39, 0.29) is 5.97 Å². The first kappa shape index (κ1) is 39.2. The summed E-state index contributed by atoms with van der Waals surface area (Å²) < 4.78 is 5.56. The summed E-state index contributed by atoms with van der Waals surface area (Å²) in [5.74, 6) is 2.04. The molecular weight excluding hydrogens is 488 g/mol. The summed E-state index contributed by atoms with van der Waals surface area (Å²) >= 11 is 0. The van der Waals surface area contributed by atoms with E-state index in [1.165, 1.54) is 167 Å². The van der Waals surface area contributed by atoms with Crippen LogP contribution < -0.4 is 0 Å². The normalized spacial score (nSPS) is 12.4. The zero-order valence-corrected chi connectivity index (χ0v) is 28.3. The summed E-state index contributed by atoms with van der Waals surface area (Å²) in [5.41, 5.74) is 0.518. The van der Waals surface area contributed by atoms with Crippen LogP contribution in [0.1, 0.15) is 202 Å². The van der Waals surface area contributed by atoms with Gasteiger partial charge in [0.1, 0.15) is 0 Å². The maximum absolute atomic E-state index is 11.9. The van der Waals surface area contributed by atoms with E-state index in [9.17, 15) is 4.79 Å².